The number of hydrogen-bond acceptors (Lipinski definition) is 7. The fraction of sp³-hybridized carbons (Fsp3) is 0.382. The van der Waals surface area contributed by atoms with Crippen LogP contribution in [0.15, 0.2) is 54.6 Å². The second kappa shape index (κ2) is 14.3. The van der Waals surface area contributed by atoms with Crippen molar-refractivity contribution in [3.05, 3.63) is 81.9 Å². The van der Waals surface area contributed by atoms with Gasteiger partial charge in [0.05, 0.1) is 20.6 Å². The lowest BCUT2D eigenvalue weighted by Crippen LogP contribution is -2.46. The number of carbonyl (C=O) groups excluding carboxylic acids is 2. The normalized spacial score (nSPS) is 16.5. The van der Waals surface area contributed by atoms with Gasteiger partial charge >= 0.3 is 5.97 Å². The molecule has 0 aliphatic carbocycles. The van der Waals surface area contributed by atoms with Crippen LogP contribution in [0.1, 0.15) is 55.0 Å². The van der Waals surface area contributed by atoms with Gasteiger partial charge in [0.1, 0.15) is 12.2 Å². The molecule has 45 heavy (non-hydrogen) atoms. The smallest absolute Gasteiger partial charge is 0.303 e. The predicted molar refractivity (Wildman–Crippen MR) is 171 cm³/mol. The molecule has 0 spiro atoms. The maximum Gasteiger partial charge on any atom is 0.303 e. The van der Waals surface area contributed by atoms with E-state index in [9.17, 15) is 19.5 Å². The first-order valence-electron chi connectivity index (χ1n) is 14.6. The average Bonchev–Trinajstić information content (AvgIpc) is 3.10. The highest BCUT2D eigenvalue weighted by Gasteiger charge is 2.40. The van der Waals surface area contributed by atoms with Crippen LogP contribution < -0.4 is 19.7 Å². The molecule has 11 heteroatoms. The van der Waals surface area contributed by atoms with E-state index in [0.29, 0.717) is 45.4 Å². The van der Waals surface area contributed by atoms with Crippen LogP contribution in [0.4, 0.5) is 11.4 Å². The molecule has 10 nitrogen and oxygen atoms in total. The fourth-order valence-electron chi connectivity index (χ4n) is 5.35. The van der Waals surface area contributed by atoms with Crippen molar-refractivity contribution >= 4 is 40.8 Å². The summed E-state index contributed by atoms with van der Waals surface area (Å²) in [6.45, 7) is 5.51. The summed E-state index contributed by atoms with van der Waals surface area (Å²) in [7, 11) is 3.03. The molecule has 0 saturated heterocycles. The number of benzene rings is 3. The Kier molecular flexibility index (Phi) is 10.7. The van der Waals surface area contributed by atoms with Gasteiger partial charge in [-0.2, -0.15) is 0 Å². The zero-order valence-electron chi connectivity index (χ0n) is 26.1. The Morgan fingerprint density at radius 1 is 1.07 bits per heavy atom. The minimum atomic E-state index is -1.23. The van der Waals surface area contributed by atoms with Crippen molar-refractivity contribution in [1.29, 1.82) is 0 Å². The average molecular weight is 639 g/mol. The maximum absolute atomic E-state index is 14.3. The molecule has 240 valence electrons. The fourth-order valence-corrected chi connectivity index (χ4v) is 5.53. The summed E-state index contributed by atoms with van der Waals surface area (Å²) >= 11 is 6.48. The Labute approximate surface area is 267 Å². The molecule has 3 N–H and O–H groups in total. The maximum atomic E-state index is 14.3. The van der Waals surface area contributed by atoms with E-state index < -0.39 is 35.4 Å². The van der Waals surface area contributed by atoms with E-state index in [0.717, 1.165) is 11.1 Å². The lowest BCUT2D eigenvalue weighted by atomic mass is 9.92. The van der Waals surface area contributed by atoms with E-state index in [4.69, 9.17) is 30.9 Å². The SMILES string of the molecule is COc1cccc([C@H]2O[C@H](CC(=O)Nc3ccc(C)c(CCC(=O)O)c3)C(=O)N(CC(C)(C)CO)c3ccc(Cl)cc32)c1OC. The lowest BCUT2D eigenvalue weighted by Gasteiger charge is -2.32. The Morgan fingerprint density at radius 3 is 2.49 bits per heavy atom. The number of methoxy groups -OCH3 is 2. The molecule has 1 heterocycles. The molecule has 1 aliphatic rings. The molecule has 0 saturated carbocycles. The first-order valence-corrected chi connectivity index (χ1v) is 14.9. The van der Waals surface area contributed by atoms with Gasteiger partial charge in [0.2, 0.25) is 5.91 Å². The molecule has 0 radical (unpaired) electrons. The first kappa shape index (κ1) is 33.8. The number of para-hydroxylation sites is 1. The van der Waals surface area contributed by atoms with Crippen molar-refractivity contribution in [2.45, 2.75) is 52.2 Å². The number of carboxylic acid groups (broad SMARTS) is 1. The number of ether oxygens (including phenoxy) is 3. The number of hydrogen-bond donors (Lipinski definition) is 3. The minimum Gasteiger partial charge on any atom is -0.493 e. The number of nitrogens with one attached hydrogen (secondary N) is 1. The predicted octanol–water partition coefficient (Wildman–Crippen LogP) is 5.55. The van der Waals surface area contributed by atoms with E-state index >= 15 is 0 Å². The van der Waals surface area contributed by atoms with Gasteiger partial charge in [0.15, 0.2) is 11.5 Å². The van der Waals surface area contributed by atoms with Gasteiger partial charge in [-0.15, -0.1) is 0 Å². The molecule has 3 aromatic rings. The van der Waals surface area contributed by atoms with Crippen LogP contribution in [0, 0.1) is 12.3 Å². The molecule has 0 bridgehead atoms. The quantitative estimate of drug-likeness (QED) is 0.235. The van der Waals surface area contributed by atoms with Crippen molar-refractivity contribution in [1.82, 2.24) is 0 Å². The van der Waals surface area contributed by atoms with Gasteiger partial charge in [0, 0.05) is 52.5 Å². The number of carboxylic acids is 1. The molecule has 2 amide bonds. The number of amides is 2. The molecule has 0 fully saturated rings. The number of aliphatic carboxylic acids is 1. The van der Waals surface area contributed by atoms with Crippen LogP contribution in [-0.4, -0.2) is 61.5 Å². The van der Waals surface area contributed by atoms with Crippen LogP contribution in [0.2, 0.25) is 5.02 Å². The van der Waals surface area contributed by atoms with Crippen molar-refractivity contribution in [3.63, 3.8) is 0 Å². The summed E-state index contributed by atoms with van der Waals surface area (Å²) < 4.78 is 17.8. The molecule has 4 rings (SSSR count). The van der Waals surface area contributed by atoms with E-state index in [-0.39, 0.29) is 26.0 Å². The molecular weight excluding hydrogens is 600 g/mol. The van der Waals surface area contributed by atoms with E-state index in [1.165, 1.54) is 14.2 Å². The minimum absolute atomic E-state index is 0.0393. The topological polar surface area (TPSA) is 135 Å². The standard InChI is InChI=1S/C34H39ClN2O8/c1-20-9-12-23(15-21(20)10-14-30(40)41)36-29(39)17-28-33(42)37(18-34(2,3)19-38)26-13-11-22(35)16-25(26)31(45-28)24-7-6-8-27(43-4)32(24)44-5/h6-9,11-13,15-16,28,31,38H,10,14,17-19H2,1-5H3,(H,36,39)(H,40,41)/t28-,31-/m1/s1. The summed E-state index contributed by atoms with van der Waals surface area (Å²) in [5.74, 6) is -0.965. The Morgan fingerprint density at radius 2 is 1.82 bits per heavy atom. The second-order valence-electron chi connectivity index (χ2n) is 11.8. The molecule has 3 aromatic carbocycles. The molecular formula is C34H39ClN2O8. The van der Waals surface area contributed by atoms with Crippen LogP contribution >= 0.6 is 11.6 Å². The Balaban J connectivity index is 1.75. The number of aryl methyl sites for hydroxylation is 2. The van der Waals surface area contributed by atoms with Crippen molar-refractivity contribution in [2.24, 2.45) is 5.41 Å². The highest BCUT2D eigenvalue weighted by molar-refractivity contribution is 6.30. The highest BCUT2D eigenvalue weighted by atomic mass is 35.5. The molecule has 0 unspecified atom stereocenters. The zero-order chi connectivity index (χ0) is 32.9. The number of anilines is 2. The number of carbonyl (C=O) groups is 3. The highest BCUT2D eigenvalue weighted by Crippen LogP contribution is 2.45. The van der Waals surface area contributed by atoms with Gasteiger partial charge in [-0.1, -0.05) is 43.6 Å². The van der Waals surface area contributed by atoms with E-state index in [1.807, 2.05) is 26.8 Å². The number of aliphatic hydroxyl groups excluding tert-OH is 1. The Bertz CT molecular complexity index is 1570. The van der Waals surface area contributed by atoms with Gasteiger partial charge in [0.25, 0.3) is 5.91 Å². The first-order chi connectivity index (χ1) is 21.4. The zero-order valence-corrected chi connectivity index (χ0v) is 26.8. The summed E-state index contributed by atoms with van der Waals surface area (Å²) in [6.07, 6.45) is -2.16. The second-order valence-corrected chi connectivity index (χ2v) is 12.3. The van der Waals surface area contributed by atoms with Gasteiger partial charge in [-0.3, -0.25) is 14.4 Å². The van der Waals surface area contributed by atoms with E-state index in [2.05, 4.69) is 5.32 Å². The third-order valence-corrected chi connectivity index (χ3v) is 7.98. The molecule has 0 aromatic heterocycles. The third kappa shape index (κ3) is 7.94. The van der Waals surface area contributed by atoms with E-state index in [1.54, 1.807) is 53.4 Å². The van der Waals surface area contributed by atoms with Gasteiger partial charge in [-0.05, 0) is 60.9 Å². The van der Waals surface area contributed by atoms with Crippen molar-refractivity contribution < 1.29 is 38.8 Å². The summed E-state index contributed by atoms with van der Waals surface area (Å²) in [5.41, 5.74) is 3.19. The van der Waals surface area contributed by atoms with Gasteiger partial charge in [-0.25, -0.2) is 0 Å². The molecule has 2 atom stereocenters. The van der Waals surface area contributed by atoms with Crippen LogP contribution in [0.25, 0.3) is 0 Å². The van der Waals surface area contributed by atoms with Crippen molar-refractivity contribution in [2.75, 3.05) is 37.6 Å². The van der Waals surface area contributed by atoms with Crippen molar-refractivity contribution in [3.8, 4) is 11.5 Å². The molecule has 1 aliphatic heterocycles. The summed E-state index contributed by atoms with van der Waals surface area (Å²) in [4.78, 5) is 40.4. The number of aliphatic hydroxyl groups is 1. The third-order valence-electron chi connectivity index (χ3n) is 7.75. The lowest BCUT2D eigenvalue weighted by molar-refractivity contribution is -0.137. The van der Waals surface area contributed by atoms with Crippen LogP contribution in [0.5, 0.6) is 11.5 Å². The summed E-state index contributed by atoms with van der Waals surface area (Å²) in [5, 5.41) is 22.5. The van der Waals surface area contributed by atoms with Gasteiger partial charge < -0.3 is 34.6 Å². The monoisotopic (exact) mass is 638 g/mol. The van der Waals surface area contributed by atoms with Crippen LogP contribution in [-0.2, 0) is 25.5 Å². The number of fused-ring (bicyclic) bond motifs is 1. The Hall–Kier alpha value is -4.12. The number of rotatable bonds is 12. The number of nitrogens with zero attached hydrogens (tertiary/aromatic N) is 1. The van der Waals surface area contributed by atoms with Crippen LogP contribution in [0.3, 0.4) is 0 Å². The summed E-state index contributed by atoms with van der Waals surface area (Å²) in [6, 6.07) is 15.7. The number of halogens is 1. The largest absolute Gasteiger partial charge is 0.493 e.